The number of halogens is 5. The van der Waals surface area contributed by atoms with Crippen molar-refractivity contribution in [2.24, 2.45) is 0 Å². The summed E-state index contributed by atoms with van der Waals surface area (Å²) in [7, 11) is 0. The molecular formula is C6H5F5NP. The summed E-state index contributed by atoms with van der Waals surface area (Å²) in [4.78, 5) is 0. The summed E-state index contributed by atoms with van der Waals surface area (Å²) in [6.45, 7) is 0. The Morgan fingerprint density at radius 1 is 0.615 bits per heavy atom. The van der Waals surface area contributed by atoms with Gasteiger partial charge in [-0.2, -0.15) is 9.90 Å². The van der Waals surface area contributed by atoms with Gasteiger partial charge in [-0.05, 0) is 0 Å². The number of hydrogen-bond acceptors (Lipinski definition) is 1. The Morgan fingerprint density at radius 3 is 1.15 bits per heavy atom. The lowest BCUT2D eigenvalue weighted by Gasteiger charge is -2.02. The number of nitrogen functional groups attached to an aromatic ring is 1. The Kier molecular flexibility index (Phi) is 3.60. The normalized spacial score (nSPS) is 9.62. The molecule has 2 N–H and O–H groups in total. The third-order valence-corrected chi connectivity index (χ3v) is 1.24. The zero-order valence-electron chi connectivity index (χ0n) is 6.17. The number of nitrogens with two attached hydrogens (primary N) is 1. The minimum Gasteiger partial charge on any atom is -0.394 e. The molecule has 74 valence electrons. The van der Waals surface area contributed by atoms with Gasteiger partial charge >= 0.3 is 0 Å². The minimum atomic E-state index is -2.21. The van der Waals surface area contributed by atoms with Gasteiger partial charge in [-0.1, -0.05) is 0 Å². The number of rotatable bonds is 0. The lowest BCUT2D eigenvalue weighted by Crippen LogP contribution is -2.05. The van der Waals surface area contributed by atoms with Crippen LogP contribution < -0.4 is 5.73 Å². The van der Waals surface area contributed by atoms with E-state index in [-0.39, 0.29) is 9.90 Å². The highest BCUT2D eigenvalue weighted by atomic mass is 31.0. The van der Waals surface area contributed by atoms with Crippen LogP contribution in [-0.4, -0.2) is 0 Å². The molecule has 0 bridgehead atoms. The van der Waals surface area contributed by atoms with Crippen LogP contribution in [0.2, 0.25) is 0 Å². The summed E-state index contributed by atoms with van der Waals surface area (Å²) in [5.74, 6) is -10.3. The minimum absolute atomic E-state index is 0. The SMILES string of the molecule is Nc1c(F)c(F)c(F)c(F)c1F.P. The fraction of sp³-hybridized carbons (Fsp3) is 0. The molecule has 1 aromatic carbocycles. The van der Waals surface area contributed by atoms with Gasteiger partial charge in [0, 0.05) is 0 Å². The molecule has 7 heteroatoms. The molecule has 0 aromatic heterocycles. The first kappa shape index (κ1) is 12.1. The van der Waals surface area contributed by atoms with Crippen LogP contribution in [0.1, 0.15) is 0 Å². The highest BCUT2D eigenvalue weighted by Crippen LogP contribution is 2.23. The average molecular weight is 217 g/mol. The zero-order valence-corrected chi connectivity index (χ0v) is 7.59. The lowest BCUT2D eigenvalue weighted by atomic mass is 10.2. The van der Waals surface area contributed by atoms with Gasteiger partial charge < -0.3 is 5.73 Å². The van der Waals surface area contributed by atoms with E-state index in [1.54, 1.807) is 0 Å². The van der Waals surface area contributed by atoms with Gasteiger partial charge in [-0.3, -0.25) is 0 Å². The van der Waals surface area contributed by atoms with Crippen molar-refractivity contribution in [1.29, 1.82) is 0 Å². The molecule has 1 nitrogen and oxygen atoms in total. The van der Waals surface area contributed by atoms with Crippen LogP contribution >= 0.6 is 9.90 Å². The lowest BCUT2D eigenvalue weighted by molar-refractivity contribution is 0.382. The summed E-state index contributed by atoms with van der Waals surface area (Å²) in [6.07, 6.45) is 0. The van der Waals surface area contributed by atoms with E-state index < -0.39 is 34.8 Å². The molecule has 0 saturated heterocycles. The van der Waals surface area contributed by atoms with Gasteiger partial charge in [-0.25, -0.2) is 22.0 Å². The van der Waals surface area contributed by atoms with Crippen molar-refractivity contribution in [3.05, 3.63) is 29.1 Å². The predicted octanol–water partition coefficient (Wildman–Crippen LogP) is 2.02. The molecule has 1 rings (SSSR count). The number of hydrogen-bond donors (Lipinski definition) is 1. The molecule has 1 atom stereocenters. The third-order valence-electron chi connectivity index (χ3n) is 1.24. The van der Waals surface area contributed by atoms with Gasteiger partial charge in [0.15, 0.2) is 23.3 Å². The Bertz CT molecular complexity index is 235. The van der Waals surface area contributed by atoms with Crippen LogP contribution in [0.25, 0.3) is 0 Å². The van der Waals surface area contributed by atoms with E-state index in [0.29, 0.717) is 0 Å². The van der Waals surface area contributed by atoms with Crippen LogP contribution in [0.4, 0.5) is 27.6 Å². The molecule has 0 saturated carbocycles. The number of anilines is 1. The second-order valence-corrected chi connectivity index (χ2v) is 1.98. The quantitative estimate of drug-likeness (QED) is 0.232. The van der Waals surface area contributed by atoms with Crippen molar-refractivity contribution in [3.63, 3.8) is 0 Å². The zero-order chi connectivity index (χ0) is 9.46. The second-order valence-electron chi connectivity index (χ2n) is 1.98. The van der Waals surface area contributed by atoms with Crippen LogP contribution in [0.15, 0.2) is 0 Å². The van der Waals surface area contributed by atoms with Crippen molar-refractivity contribution in [1.82, 2.24) is 0 Å². The van der Waals surface area contributed by atoms with Crippen molar-refractivity contribution >= 4 is 15.6 Å². The highest BCUT2D eigenvalue weighted by molar-refractivity contribution is 6.92. The Labute approximate surface area is 73.3 Å². The van der Waals surface area contributed by atoms with E-state index in [1.807, 2.05) is 0 Å². The maximum Gasteiger partial charge on any atom is 0.200 e. The van der Waals surface area contributed by atoms with Crippen molar-refractivity contribution in [2.45, 2.75) is 0 Å². The van der Waals surface area contributed by atoms with Crippen LogP contribution in [-0.2, 0) is 0 Å². The summed E-state index contributed by atoms with van der Waals surface area (Å²) < 4.78 is 61.1. The average Bonchev–Trinajstić information content (AvgIpc) is 2.08. The van der Waals surface area contributed by atoms with E-state index in [0.717, 1.165) is 0 Å². The Morgan fingerprint density at radius 2 is 0.846 bits per heavy atom. The maximum atomic E-state index is 12.3. The molecule has 0 aliphatic rings. The molecule has 0 fully saturated rings. The number of benzene rings is 1. The summed E-state index contributed by atoms with van der Waals surface area (Å²) in [6, 6.07) is 0. The van der Waals surface area contributed by atoms with Gasteiger partial charge in [0.2, 0.25) is 5.82 Å². The Balaban J connectivity index is 0.00000144. The molecule has 1 unspecified atom stereocenters. The monoisotopic (exact) mass is 217 g/mol. The Hall–Kier alpha value is -0.900. The third kappa shape index (κ3) is 1.72. The summed E-state index contributed by atoms with van der Waals surface area (Å²) in [5, 5.41) is 0. The second kappa shape index (κ2) is 3.87. The van der Waals surface area contributed by atoms with Crippen LogP contribution in [0, 0.1) is 29.1 Å². The van der Waals surface area contributed by atoms with E-state index in [4.69, 9.17) is 0 Å². The molecule has 1 aromatic rings. The predicted molar refractivity (Wildman–Crippen MR) is 41.7 cm³/mol. The first-order valence-electron chi connectivity index (χ1n) is 2.73. The van der Waals surface area contributed by atoms with Crippen molar-refractivity contribution in [2.75, 3.05) is 5.73 Å². The maximum absolute atomic E-state index is 12.3. The molecule has 0 aliphatic carbocycles. The molecule has 0 aliphatic heterocycles. The topological polar surface area (TPSA) is 26.0 Å². The van der Waals surface area contributed by atoms with E-state index in [9.17, 15) is 22.0 Å². The smallest absolute Gasteiger partial charge is 0.200 e. The fourth-order valence-corrected chi connectivity index (χ4v) is 0.622. The van der Waals surface area contributed by atoms with Crippen molar-refractivity contribution in [3.8, 4) is 0 Å². The largest absolute Gasteiger partial charge is 0.394 e. The molecule has 13 heavy (non-hydrogen) atoms. The fourth-order valence-electron chi connectivity index (χ4n) is 0.622. The molecule has 0 heterocycles. The van der Waals surface area contributed by atoms with E-state index in [2.05, 4.69) is 5.73 Å². The first-order valence-corrected chi connectivity index (χ1v) is 2.73. The summed E-state index contributed by atoms with van der Waals surface area (Å²) >= 11 is 0. The van der Waals surface area contributed by atoms with E-state index in [1.165, 1.54) is 0 Å². The van der Waals surface area contributed by atoms with Gasteiger partial charge in [0.05, 0.1) is 0 Å². The molecule has 0 radical (unpaired) electrons. The highest BCUT2D eigenvalue weighted by Gasteiger charge is 2.23. The van der Waals surface area contributed by atoms with Gasteiger partial charge in [0.1, 0.15) is 5.69 Å². The van der Waals surface area contributed by atoms with Gasteiger partial charge in [-0.15, -0.1) is 0 Å². The standard InChI is InChI=1S/C6H2F5N.H3P/c7-1-2(8)4(10)6(12)5(11)3(1)9;/h12H2;1H3. The first-order chi connectivity index (χ1) is 5.46. The van der Waals surface area contributed by atoms with E-state index >= 15 is 0 Å². The van der Waals surface area contributed by atoms with Crippen molar-refractivity contribution < 1.29 is 22.0 Å². The molecule has 0 spiro atoms. The van der Waals surface area contributed by atoms with Gasteiger partial charge in [0.25, 0.3) is 0 Å². The summed E-state index contributed by atoms with van der Waals surface area (Å²) in [5.41, 5.74) is 3.19. The van der Waals surface area contributed by atoms with Crippen LogP contribution in [0.3, 0.4) is 0 Å². The molecule has 0 amide bonds. The van der Waals surface area contributed by atoms with Crippen LogP contribution in [0.5, 0.6) is 0 Å². The molecular weight excluding hydrogens is 212 g/mol.